The summed E-state index contributed by atoms with van der Waals surface area (Å²) in [5, 5.41) is 173. The Morgan fingerprint density at radius 3 is 1.76 bits per heavy atom. The molecule has 4 heterocycles. The van der Waals surface area contributed by atoms with Gasteiger partial charge in [-0.25, -0.2) is 0 Å². The molecule has 7 fully saturated rings. The molecule has 0 aromatic carbocycles. The Morgan fingerprint density at radius 1 is 0.641 bits per heavy atom. The summed E-state index contributed by atoms with van der Waals surface area (Å²) in [6.07, 6.45) is -26.6. The van der Waals surface area contributed by atoms with E-state index in [1.165, 1.54) is 13.8 Å². The first kappa shape index (κ1) is 62.8. The van der Waals surface area contributed by atoms with Crippen LogP contribution in [0, 0.1) is 45.3 Å². The fraction of sp³-hybridized carbons (Fsp3) is 0.963. The van der Waals surface area contributed by atoms with E-state index >= 15 is 0 Å². The second kappa shape index (κ2) is 23.7. The molecule has 0 radical (unpaired) electrons. The van der Waals surface area contributed by atoms with Crippen LogP contribution in [0.25, 0.3) is 0 Å². The van der Waals surface area contributed by atoms with E-state index in [2.05, 4.69) is 26.8 Å². The van der Waals surface area contributed by atoms with Crippen LogP contribution in [-0.2, 0) is 37.9 Å². The normalized spacial score (nSPS) is 50.9. The minimum absolute atomic E-state index is 0.0184. The van der Waals surface area contributed by atoms with Gasteiger partial charge in [0.15, 0.2) is 25.2 Å². The maximum atomic E-state index is 12.7. The molecule has 8 rings (SSSR count). The van der Waals surface area contributed by atoms with Crippen LogP contribution in [-0.4, -0.2) is 255 Å². The monoisotopic (exact) mass is 1120 g/mol. The standard InChI is InChI=1S/C54H92O24/c1-22(27(57)16-35(51(4,5)70)78-49-45(69)42(66)38(62)30(76-49)20-71-46-36(60)28(58)15-23(18-55)73-46)24-13-14-52(6)32-11-9-25-26(54(32,8)33(59)17-53(24,52)7)10-12-34(50(25,2)3)77-48-44(68)41(65)39(63)31(75-48)21-72-47-43(67)40(64)37(61)29(19-56)74-47/h9,22-24,26-49,55-70H,10-21H2,1-8H3/t22-,23-,24+,26+,27?,28-,29+,30+,31+,32-,33+,34-,35+,36+,37+,38+,39+,40-,41-,42-,43+,44+,45+,46+,47+,48-,49-,52-,53+,54-/m0/s1. The first-order chi connectivity index (χ1) is 36.4. The van der Waals surface area contributed by atoms with Crippen molar-refractivity contribution in [2.45, 2.75) is 253 Å². The lowest BCUT2D eigenvalue weighted by atomic mass is 9.38. The Hall–Kier alpha value is -1.22. The van der Waals surface area contributed by atoms with Gasteiger partial charge >= 0.3 is 0 Å². The van der Waals surface area contributed by atoms with Gasteiger partial charge in [0.05, 0.1) is 68.7 Å². The van der Waals surface area contributed by atoms with Crippen molar-refractivity contribution in [1.29, 1.82) is 0 Å². The molecule has 0 spiro atoms. The van der Waals surface area contributed by atoms with Crippen molar-refractivity contribution >= 4 is 0 Å². The molecular formula is C54H92O24. The van der Waals surface area contributed by atoms with Gasteiger partial charge in [0.1, 0.15) is 79.4 Å². The van der Waals surface area contributed by atoms with E-state index in [4.69, 9.17) is 37.9 Å². The highest BCUT2D eigenvalue weighted by Crippen LogP contribution is 2.75. The van der Waals surface area contributed by atoms with Crippen LogP contribution in [0.2, 0.25) is 0 Å². The van der Waals surface area contributed by atoms with Crippen molar-refractivity contribution in [1.82, 2.24) is 0 Å². The molecule has 16 N–H and O–H groups in total. The zero-order valence-corrected chi connectivity index (χ0v) is 46.1. The smallest absolute Gasteiger partial charge is 0.187 e. The second-order valence-corrected chi connectivity index (χ2v) is 25.9. The summed E-state index contributed by atoms with van der Waals surface area (Å²) >= 11 is 0. The molecule has 1 unspecified atom stereocenters. The molecular weight excluding hydrogens is 1030 g/mol. The second-order valence-electron chi connectivity index (χ2n) is 25.9. The summed E-state index contributed by atoms with van der Waals surface area (Å²) in [5.74, 6) is -0.529. The van der Waals surface area contributed by atoms with E-state index in [1.54, 1.807) is 0 Å². The lowest BCUT2D eigenvalue weighted by molar-refractivity contribution is -0.340. The third kappa shape index (κ3) is 11.2. The summed E-state index contributed by atoms with van der Waals surface area (Å²) in [6.45, 7) is 13.6. The number of allylic oxidation sites excluding steroid dienone is 1. The molecule has 24 heteroatoms. The highest BCUT2D eigenvalue weighted by molar-refractivity contribution is 5.32. The fourth-order valence-corrected chi connectivity index (χ4v) is 15.4. The molecule has 4 aliphatic carbocycles. The van der Waals surface area contributed by atoms with Crippen molar-refractivity contribution in [3.05, 3.63) is 11.6 Å². The molecule has 0 bridgehead atoms. The molecule has 30 atom stereocenters. The molecule has 452 valence electrons. The maximum absolute atomic E-state index is 12.7. The summed E-state index contributed by atoms with van der Waals surface area (Å²) in [6, 6.07) is 0. The number of ether oxygens (including phenoxy) is 8. The van der Waals surface area contributed by atoms with E-state index in [0.717, 1.165) is 18.4 Å². The van der Waals surface area contributed by atoms with E-state index in [9.17, 15) is 81.7 Å². The first-order valence-electron chi connectivity index (χ1n) is 28.0. The Bertz CT molecular complexity index is 2030. The lowest BCUT2D eigenvalue weighted by Gasteiger charge is -2.67. The summed E-state index contributed by atoms with van der Waals surface area (Å²) in [4.78, 5) is 0. The fourth-order valence-electron chi connectivity index (χ4n) is 15.4. The van der Waals surface area contributed by atoms with Gasteiger partial charge in [-0.3, -0.25) is 0 Å². The van der Waals surface area contributed by atoms with Crippen LogP contribution in [0.1, 0.15) is 107 Å². The first-order valence-corrected chi connectivity index (χ1v) is 28.0. The van der Waals surface area contributed by atoms with E-state index < -0.39 is 189 Å². The predicted molar refractivity (Wildman–Crippen MR) is 268 cm³/mol. The third-order valence-electron chi connectivity index (χ3n) is 20.7. The average Bonchev–Trinajstić information content (AvgIpc) is 2.37. The molecule has 4 saturated heterocycles. The van der Waals surface area contributed by atoms with Crippen LogP contribution in [0.15, 0.2) is 11.6 Å². The number of aliphatic hydroxyl groups excluding tert-OH is 15. The summed E-state index contributed by atoms with van der Waals surface area (Å²) in [7, 11) is 0. The number of fused-ring (bicyclic) bond motifs is 5. The number of hydrogen-bond acceptors (Lipinski definition) is 24. The topological polar surface area (TPSA) is 398 Å². The third-order valence-corrected chi connectivity index (χ3v) is 20.7. The van der Waals surface area contributed by atoms with Crippen molar-refractivity contribution in [2.75, 3.05) is 26.4 Å². The van der Waals surface area contributed by atoms with Gasteiger partial charge < -0.3 is 120 Å². The molecule has 0 amide bonds. The quantitative estimate of drug-likeness (QED) is 0.0637. The van der Waals surface area contributed by atoms with E-state index in [1.807, 2.05) is 20.8 Å². The molecule has 4 aliphatic heterocycles. The molecule has 78 heavy (non-hydrogen) atoms. The largest absolute Gasteiger partial charge is 0.394 e. The Morgan fingerprint density at radius 2 is 1.18 bits per heavy atom. The van der Waals surface area contributed by atoms with Crippen LogP contribution in [0.3, 0.4) is 0 Å². The van der Waals surface area contributed by atoms with Gasteiger partial charge in [0, 0.05) is 23.7 Å². The average molecular weight is 1130 g/mol. The highest BCUT2D eigenvalue weighted by atomic mass is 16.7. The predicted octanol–water partition coefficient (Wildman–Crippen LogP) is -3.23. The van der Waals surface area contributed by atoms with Crippen LogP contribution in [0.4, 0.5) is 0 Å². The van der Waals surface area contributed by atoms with Crippen LogP contribution in [0.5, 0.6) is 0 Å². The van der Waals surface area contributed by atoms with Crippen LogP contribution >= 0.6 is 0 Å². The van der Waals surface area contributed by atoms with Gasteiger partial charge in [0.25, 0.3) is 0 Å². The number of aliphatic hydroxyl groups is 16. The van der Waals surface area contributed by atoms with Gasteiger partial charge in [-0.15, -0.1) is 0 Å². The number of hydrogen-bond donors (Lipinski definition) is 16. The summed E-state index contributed by atoms with van der Waals surface area (Å²) < 4.78 is 46.9. The zero-order chi connectivity index (χ0) is 57.5. The van der Waals surface area contributed by atoms with Crippen molar-refractivity contribution in [3.8, 4) is 0 Å². The van der Waals surface area contributed by atoms with Crippen molar-refractivity contribution < 1.29 is 120 Å². The Balaban J connectivity index is 0.924. The molecule has 24 nitrogen and oxygen atoms in total. The van der Waals surface area contributed by atoms with Gasteiger partial charge in [-0.05, 0) is 86.9 Å². The van der Waals surface area contributed by atoms with E-state index in [-0.39, 0.29) is 41.9 Å². The Kier molecular flexibility index (Phi) is 19.1. The van der Waals surface area contributed by atoms with Gasteiger partial charge in [-0.1, -0.05) is 53.2 Å². The minimum atomic E-state index is -1.80. The molecule has 0 aromatic rings. The van der Waals surface area contributed by atoms with E-state index in [0.29, 0.717) is 25.7 Å². The molecule has 3 saturated carbocycles. The molecule has 8 aliphatic rings. The summed E-state index contributed by atoms with van der Waals surface area (Å²) in [5.41, 5.74) is -2.57. The molecule has 0 aromatic heterocycles. The number of rotatable bonds is 17. The van der Waals surface area contributed by atoms with Crippen molar-refractivity contribution in [3.63, 3.8) is 0 Å². The highest BCUT2D eigenvalue weighted by Gasteiger charge is 2.71. The van der Waals surface area contributed by atoms with Gasteiger partial charge in [-0.2, -0.15) is 0 Å². The van der Waals surface area contributed by atoms with Crippen LogP contribution < -0.4 is 0 Å². The maximum Gasteiger partial charge on any atom is 0.187 e. The van der Waals surface area contributed by atoms with Crippen molar-refractivity contribution in [2.24, 2.45) is 45.3 Å². The minimum Gasteiger partial charge on any atom is -0.394 e. The zero-order valence-electron chi connectivity index (χ0n) is 46.1. The SMILES string of the molecule is C[C@H](C(O)C[C@@H](O[C@@H]1O[C@H](CO[C@@H]2O[C@H](CO)C[C@H](O)[C@H]2O)[C@@H](O)[C@H](O)[C@H]1O)C(C)(C)O)[C@H]1CC[C@@]2(C)[C@@H]3CC=C4[C@@H](CC[C@H](O[C@@H]5O[C@H](CO[C@@H]6O[C@H](CO)[C@@H](O)[C@H](O)[C@H]6O)[C@@H](O)[C@H](O)[C@H]5O)C4(C)C)[C@]3(C)[C@H](O)C[C@]12C. The van der Waals surface area contributed by atoms with Gasteiger partial charge in [0.2, 0.25) is 0 Å². The Labute approximate surface area is 455 Å². The lowest BCUT2D eigenvalue weighted by Crippen LogP contribution is -2.65.